The number of hydrogen-bond donors (Lipinski definition) is 2. The Balaban J connectivity index is 1.43. The molecule has 0 spiro atoms. The van der Waals surface area contributed by atoms with Gasteiger partial charge in [0.25, 0.3) is 0 Å². The number of sulfonamides is 1. The maximum Gasteiger partial charge on any atom is 0.240 e. The number of thiophene rings is 1. The molecule has 4 heterocycles. The molecule has 12 heteroatoms. The molecule has 1 fully saturated rings. The van der Waals surface area contributed by atoms with Crippen LogP contribution in [-0.2, 0) is 10.0 Å². The average molecular weight is 568 g/mol. The standard InChI is InChI=1S/C27H33N7O3S2/c1-5-33-11-13-34(14-12-33)24-10-9-22(26(30-24)37-18(2)3)29-27-28-16-23-25(31-27)21(17-38-23)19-7-6-8-20(15-19)32-39(4,35)36/h6-10,15-18,32H,5,11-14H2,1-4H3,(H,28,29,31). The van der Waals surface area contributed by atoms with Gasteiger partial charge in [-0.3, -0.25) is 4.72 Å². The predicted octanol–water partition coefficient (Wildman–Crippen LogP) is 4.80. The highest BCUT2D eigenvalue weighted by Gasteiger charge is 2.20. The number of pyridine rings is 1. The molecular weight excluding hydrogens is 534 g/mol. The monoisotopic (exact) mass is 567 g/mol. The molecule has 0 saturated carbocycles. The number of nitrogens with zero attached hydrogens (tertiary/aromatic N) is 5. The zero-order valence-corrected chi connectivity index (χ0v) is 24.1. The van der Waals surface area contributed by atoms with Crippen LogP contribution in [0.4, 0.5) is 23.1 Å². The molecule has 0 unspecified atom stereocenters. The second kappa shape index (κ2) is 11.3. The highest BCUT2D eigenvalue weighted by Crippen LogP contribution is 2.35. The molecule has 5 rings (SSSR count). The lowest BCUT2D eigenvalue weighted by molar-refractivity contribution is 0.233. The maximum atomic E-state index is 11.7. The SMILES string of the molecule is CCN1CCN(c2ccc(Nc3ncc4scc(-c5cccc(NS(C)(=O)=O)c5)c4n3)c(OC(C)C)n2)CC1. The summed E-state index contributed by atoms with van der Waals surface area (Å²) in [5.41, 5.74) is 3.72. The van der Waals surface area contributed by atoms with Gasteiger partial charge in [0.05, 0.1) is 28.8 Å². The second-order valence-electron chi connectivity index (χ2n) is 9.75. The Morgan fingerprint density at radius 3 is 2.62 bits per heavy atom. The molecule has 0 amide bonds. The van der Waals surface area contributed by atoms with E-state index in [9.17, 15) is 8.42 Å². The Kier molecular flexibility index (Phi) is 7.87. The van der Waals surface area contributed by atoms with E-state index < -0.39 is 10.0 Å². The van der Waals surface area contributed by atoms with E-state index in [4.69, 9.17) is 14.7 Å². The smallest absolute Gasteiger partial charge is 0.240 e. The van der Waals surface area contributed by atoms with Crippen molar-refractivity contribution in [2.24, 2.45) is 0 Å². The number of nitrogens with one attached hydrogen (secondary N) is 2. The van der Waals surface area contributed by atoms with Crippen molar-refractivity contribution in [3.63, 3.8) is 0 Å². The number of likely N-dealkylation sites (N-methyl/N-ethyl adjacent to an activating group) is 1. The third-order valence-electron chi connectivity index (χ3n) is 6.37. The molecule has 0 bridgehead atoms. The topological polar surface area (TPSA) is 113 Å². The summed E-state index contributed by atoms with van der Waals surface area (Å²) in [5.74, 6) is 1.83. The fraction of sp³-hybridized carbons (Fsp3) is 0.370. The van der Waals surface area contributed by atoms with Crippen molar-refractivity contribution in [2.75, 3.05) is 53.9 Å². The second-order valence-corrected chi connectivity index (χ2v) is 12.4. The minimum absolute atomic E-state index is 0.0510. The Bertz CT molecular complexity index is 1560. The van der Waals surface area contributed by atoms with Crippen LogP contribution in [0.3, 0.4) is 0 Å². The molecule has 1 aliphatic rings. The first-order chi connectivity index (χ1) is 18.7. The normalized spacial score (nSPS) is 14.6. The number of ether oxygens (including phenoxy) is 1. The fourth-order valence-electron chi connectivity index (χ4n) is 4.49. The summed E-state index contributed by atoms with van der Waals surface area (Å²) in [6, 6.07) is 11.2. The summed E-state index contributed by atoms with van der Waals surface area (Å²) in [4.78, 5) is 18.9. The van der Waals surface area contributed by atoms with Gasteiger partial charge in [0.15, 0.2) is 0 Å². The van der Waals surface area contributed by atoms with Crippen molar-refractivity contribution < 1.29 is 13.2 Å². The summed E-state index contributed by atoms with van der Waals surface area (Å²) in [7, 11) is -3.38. The quantitative estimate of drug-likeness (QED) is 0.295. The summed E-state index contributed by atoms with van der Waals surface area (Å²) in [6.45, 7) is 11.1. The van der Waals surface area contributed by atoms with E-state index in [0.29, 0.717) is 23.2 Å². The highest BCUT2D eigenvalue weighted by molar-refractivity contribution is 7.92. The van der Waals surface area contributed by atoms with Crippen LogP contribution in [0.2, 0.25) is 0 Å². The van der Waals surface area contributed by atoms with Crippen LogP contribution in [0.15, 0.2) is 48.0 Å². The first-order valence-electron chi connectivity index (χ1n) is 12.9. The van der Waals surface area contributed by atoms with Crippen LogP contribution >= 0.6 is 11.3 Å². The Morgan fingerprint density at radius 2 is 1.90 bits per heavy atom. The lowest BCUT2D eigenvalue weighted by Crippen LogP contribution is -2.46. The van der Waals surface area contributed by atoms with Gasteiger partial charge in [-0.1, -0.05) is 19.1 Å². The molecule has 0 aliphatic carbocycles. The van der Waals surface area contributed by atoms with Gasteiger partial charge in [-0.25, -0.2) is 18.4 Å². The number of hydrogen-bond acceptors (Lipinski definition) is 10. The Morgan fingerprint density at radius 1 is 1.10 bits per heavy atom. The molecule has 206 valence electrons. The van der Waals surface area contributed by atoms with Crippen molar-refractivity contribution in [1.29, 1.82) is 0 Å². The van der Waals surface area contributed by atoms with Crippen LogP contribution in [0, 0.1) is 0 Å². The van der Waals surface area contributed by atoms with Gasteiger partial charge in [-0.15, -0.1) is 11.3 Å². The third-order valence-corrected chi connectivity index (χ3v) is 7.89. The minimum Gasteiger partial charge on any atom is -0.473 e. The van der Waals surface area contributed by atoms with E-state index in [1.807, 2.05) is 43.5 Å². The first kappa shape index (κ1) is 27.1. The largest absolute Gasteiger partial charge is 0.473 e. The van der Waals surface area contributed by atoms with Gasteiger partial charge >= 0.3 is 0 Å². The first-order valence-corrected chi connectivity index (χ1v) is 15.7. The molecule has 2 N–H and O–H groups in total. The highest BCUT2D eigenvalue weighted by atomic mass is 32.2. The zero-order chi connectivity index (χ0) is 27.6. The van der Waals surface area contributed by atoms with Crippen molar-refractivity contribution >= 4 is 54.7 Å². The number of benzene rings is 1. The average Bonchev–Trinajstić information content (AvgIpc) is 3.32. The Labute approximate surface area is 233 Å². The molecule has 0 atom stereocenters. The number of rotatable bonds is 9. The lowest BCUT2D eigenvalue weighted by Gasteiger charge is -2.35. The van der Waals surface area contributed by atoms with Crippen molar-refractivity contribution in [3.05, 3.63) is 48.0 Å². The molecule has 1 aliphatic heterocycles. The van der Waals surface area contributed by atoms with Crippen LogP contribution < -0.4 is 19.7 Å². The van der Waals surface area contributed by atoms with Crippen molar-refractivity contribution in [3.8, 4) is 17.0 Å². The molecule has 0 radical (unpaired) electrons. The van der Waals surface area contributed by atoms with Crippen LogP contribution in [0.1, 0.15) is 20.8 Å². The molecule has 10 nitrogen and oxygen atoms in total. The van der Waals surface area contributed by atoms with E-state index in [-0.39, 0.29) is 6.10 Å². The number of anilines is 4. The maximum absolute atomic E-state index is 11.7. The third kappa shape index (κ3) is 6.57. The molecular formula is C27H33N7O3S2. The lowest BCUT2D eigenvalue weighted by atomic mass is 10.1. The number of aromatic nitrogens is 3. The van der Waals surface area contributed by atoms with Gasteiger partial charge in [0.2, 0.25) is 21.9 Å². The molecule has 3 aromatic heterocycles. The summed E-state index contributed by atoms with van der Waals surface area (Å²) < 4.78 is 33.0. The van der Waals surface area contributed by atoms with Crippen molar-refractivity contribution in [2.45, 2.75) is 26.9 Å². The summed E-state index contributed by atoms with van der Waals surface area (Å²) in [6.07, 6.45) is 2.87. The summed E-state index contributed by atoms with van der Waals surface area (Å²) >= 11 is 1.54. The van der Waals surface area contributed by atoms with Gasteiger partial charge < -0.3 is 19.9 Å². The van der Waals surface area contributed by atoms with Gasteiger partial charge in [-0.05, 0) is 50.2 Å². The van der Waals surface area contributed by atoms with E-state index in [1.54, 1.807) is 18.3 Å². The predicted molar refractivity (Wildman–Crippen MR) is 159 cm³/mol. The molecule has 4 aromatic rings. The van der Waals surface area contributed by atoms with E-state index in [1.165, 1.54) is 11.3 Å². The van der Waals surface area contributed by atoms with Crippen LogP contribution in [0.5, 0.6) is 5.88 Å². The fourth-order valence-corrected chi connectivity index (χ4v) is 5.91. The molecule has 39 heavy (non-hydrogen) atoms. The van der Waals surface area contributed by atoms with E-state index in [0.717, 1.165) is 66.1 Å². The summed E-state index contributed by atoms with van der Waals surface area (Å²) in [5, 5.41) is 5.31. The van der Waals surface area contributed by atoms with Crippen molar-refractivity contribution in [1.82, 2.24) is 19.9 Å². The van der Waals surface area contributed by atoms with E-state index >= 15 is 0 Å². The van der Waals surface area contributed by atoms with Crippen LogP contribution in [0.25, 0.3) is 21.3 Å². The number of piperazine rings is 1. The van der Waals surface area contributed by atoms with Crippen LogP contribution in [-0.4, -0.2) is 73.4 Å². The van der Waals surface area contributed by atoms with Gasteiger partial charge in [0, 0.05) is 42.8 Å². The Hall–Kier alpha value is -3.48. The number of fused-ring (bicyclic) bond motifs is 1. The zero-order valence-electron chi connectivity index (χ0n) is 22.5. The molecule has 1 saturated heterocycles. The van der Waals surface area contributed by atoms with Gasteiger partial charge in [-0.2, -0.15) is 4.98 Å². The van der Waals surface area contributed by atoms with Gasteiger partial charge in [0.1, 0.15) is 11.5 Å². The van der Waals surface area contributed by atoms with E-state index in [2.05, 4.69) is 31.7 Å². The molecule has 1 aromatic carbocycles. The minimum atomic E-state index is -3.38.